The van der Waals surface area contributed by atoms with Gasteiger partial charge in [-0.05, 0) is 89.5 Å². The van der Waals surface area contributed by atoms with E-state index in [-0.39, 0.29) is 23.9 Å². The second-order valence-corrected chi connectivity index (χ2v) is 14.0. The first-order valence-corrected chi connectivity index (χ1v) is 17.9. The van der Waals surface area contributed by atoms with E-state index in [1.54, 1.807) is 36.7 Å². The number of sulfonamides is 1. The maximum atomic E-state index is 13.2. The highest BCUT2D eigenvalue weighted by Gasteiger charge is 2.26. The SMILES string of the molecule is O=C(O)c1ccc(CCCc2c(CCNS(=O)(=O)Cc3ccncc3)n(C(c3ccccc3)c3ccccc3)c3ccc(Cl)cc23)cc1. The number of aryl methyl sites for hydroxylation is 2. The molecule has 0 atom stereocenters. The van der Waals surface area contributed by atoms with Crippen LogP contribution in [0.4, 0.5) is 0 Å². The molecular formula is C39H36ClN3O4S. The molecule has 0 saturated heterocycles. The topological polar surface area (TPSA) is 101 Å². The standard InChI is InChI=1S/C39H36ClN3O4S/c40-33-18-19-36-35(26-33)34(13-7-8-28-14-16-32(17-15-28)39(44)45)37(22-25-42-48(46,47)27-29-20-23-41-24-21-29)43(36)38(30-9-3-1-4-10-30)31-11-5-2-6-12-31/h1-6,9-12,14-21,23-24,26,38,42H,7-8,13,22,25,27H2,(H,44,45). The molecule has 9 heteroatoms. The van der Waals surface area contributed by atoms with Crippen molar-refractivity contribution >= 4 is 38.5 Å². The van der Waals surface area contributed by atoms with Gasteiger partial charge in [-0.15, -0.1) is 0 Å². The average molecular weight is 678 g/mol. The molecule has 0 unspecified atom stereocenters. The number of halogens is 1. The Kier molecular flexibility index (Phi) is 10.3. The van der Waals surface area contributed by atoms with Gasteiger partial charge in [-0.25, -0.2) is 17.9 Å². The normalized spacial score (nSPS) is 11.7. The van der Waals surface area contributed by atoms with E-state index < -0.39 is 16.0 Å². The van der Waals surface area contributed by atoms with Gasteiger partial charge in [0.25, 0.3) is 0 Å². The van der Waals surface area contributed by atoms with Gasteiger partial charge in [-0.3, -0.25) is 4.98 Å². The first-order chi connectivity index (χ1) is 23.3. The monoisotopic (exact) mass is 677 g/mol. The molecule has 0 saturated carbocycles. The number of carbonyl (C=O) groups is 1. The van der Waals surface area contributed by atoms with Crippen LogP contribution in [0.15, 0.2) is 128 Å². The van der Waals surface area contributed by atoms with Crippen LogP contribution in [-0.2, 0) is 35.0 Å². The van der Waals surface area contributed by atoms with Crippen molar-refractivity contribution in [2.24, 2.45) is 0 Å². The van der Waals surface area contributed by atoms with Crippen molar-refractivity contribution in [3.63, 3.8) is 0 Å². The Morgan fingerprint density at radius 3 is 2.06 bits per heavy atom. The van der Waals surface area contributed by atoms with Crippen molar-refractivity contribution in [2.45, 2.75) is 37.5 Å². The summed E-state index contributed by atoms with van der Waals surface area (Å²) in [5.74, 6) is -1.07. The highest BCUT2D eigenvalue weighted by molar-refractivity contribution is 7.88. The van der Waals surface area contributed by atoms with Crippen molar-refractivity contribution in [3.05, 3.63) is 172 Å². The number of aromatic carboxylic acids is 1. The molecule has 2 aromatic heterocycles. The van der Waals surface area contributed by atoms with Crippen LogP contribution in [0.3, 0.4) is 0 Å². The Balaban J connectivity index is 1.40. The zero-order chi connectivity index (χ0) is 33.5. The summed E-state index contributed by atoms with van der Waals surface area (Å²) in [5.41, 5.74) is 7.40. The van der Waals surface area contributed by atoms with Crippen molar-refractivity contribution in [3.8, 4) is 0 Å². The maximum Gasteiger partial charge on any atom is 0.335 e. The highest BCUT2D eigenvalue weighted by atomic mass is 35.5. The Hall–Kier alpha value is -4.76. The molecule has 0 bridgehead atoms. The Morgan fingerprint density at radius 2 is 1.44 bits per heavy atom. The summed E-state index contributed by atoms with van der Waals surface area (Å²) in [6, 6.07) is 36.9. The van der Waals surface area contributed by atoms with Gasteiger partial charge in [0.15, 0.2) is 0 Å². The van der Waals surface area contributed by atoms with Gasteiger partial charge >= 0.3 is 5.97 Å². The van der Waals surface area contributed by atoms with Gasteiger partial charge in [0.2, 0.25) is 10.0 Å². The molecule has 4 aromatic carbocycles. The fraction of sp³-hybridized carbons (Fsp3) is 0.179. The number of hydrogen-bond acceptors (Lipinski definition) is 4. The summed E-state index contributed by atoms with van der Waals surface area (Å²) in [7, 11) is -3.60. The fourth-order valence-electron chi connectivity index (χ4n) is 6.37. The first-order valence-electron chi connectivity index (χ1n) is 15.9. The molecule has 0 amide bonds. The first kappa shape index (κ1) is 33.2. The number of rotatable bonds is 14. The van der Waals surface area contributed by atoms with Crippen LogP contribution in [0.1, 0.15) is 56.3 Å². The van der Waals surface area contributed by atoms with E-state index in [0.29, 0.717) is 17.0 Å². The number of nitrogens with one attached hydrogen (secondary N) is 1. The Labute approximate surface area is 285 Å². The summed E-state index contributed by atoms with van der Waals surface area (Å²) in [6.45, 7) is 0.220. The van der Waals surface area contributed by atoms with E-state index in [1.807, 2.05) is 60.7 Å². The van der Waals surface area contributed by atoms with Gasteiger partial charge in [0, 0.05) is 47.0 Å². The molecule has 2 N–H and O–H groups in total. The van der Waals surface area contributed by atoms with Gasteiger partial charge in [-0.2, -0.15) is 0 Å². The Bertz CT molecular complexity index is 2060. The van der Waals surface area contributed by atoms with E-state index in [4.69, 9.17) is 11.6 Å². The molecule has 0 radical (unpaired) electrons. The van der Waals surface area contributed by atoms with Crippen LogP contribution >= 0.6 is 11.6 Å². The lowest BCUT2D eigenvalue weighted by atomic mass is 9.97. The average Bonchev–Trinajstić information content (AvgIpc) is 3.37. The molecule has 48 heavy (non-hydrogen) atoms. The summed E-state index contributed by atoms with van der Waals surface area (Å²) in [4.78, 5) is 15.3. The summed E-state index contributed by atoms with van der Waals surface area (Å²) in [5, 5.41) is 11.0. The quantitative estimate of drug-likeness (QED) is 0.122. The van der Waals surface area contributed by atoms with Gasteiger partial charge < -0.3 is 9.67 Å². The smallest absolute Gasteiger partial charge is 0.335 e. The molecule has 0 fully saturated rings. The van der Waals surface area contributed by atoms with Crippen molar-refractivity contribution in [2.75, 3.05) is 6.54 Å². The van der Waals surface area contributed by atoms with E-state index in [1.165, 1.54) is 0 Å². The molecule has 0 spiro atoms. The predicted octanol–water partition coefficient (Wildman–Crippen LogP) is 7.86. The minimum Gasteiger partial charge on any atom is -0.478 e. The van der Waals surface area contributed by atoms with E-state index in [0.717, 1.165) is 58.1 Å². The number of fused-ring (bicyclic) bond motifs is 1. The molecular weight excluding hydrogens is 642 g/mol. The van der Waals surface area contributed by atoms with Gasteiger partial charge in [0.05, 0.1) is 17.4 Å². The summed E-state index contributed by atoms with van der Waals surface area (Å²) in [6.07, 6.45) is 5.93. The molecule has 2 heterocycles. The number of aromatic nitrogens is 2. The fourth-order valence-corrected chi connectivity index (χ4v) is 7.69. The third kappa shape index (κ3) is 7.85. The molecule has 244 valence electrons. The number of carboxylic acid groups (broad SMARTS) is 1. The Morgan fingerprint density at radius 1 is 0.792 bits per heavy atom. The minimum absolute atomic E-state index is 0.127. The number of benzene rings is 4. The highest BCUT2D eigenvalue weighted by Crippen LogP contribution is 2.38. The number of carboxylic acids is 1. The third-order valence-electron chi connectivity index (χ3n) is 8.55. The number of pyridine rings is 1. The van der Waals surface area contributed by atoms with Crippen LogP contribution < -0.4 is 4.72 Å². The zero-order valence-corrected chi connectivity index (χ0v) is 27.9. The molecule has 0 aliphatic carbocycles. The minimum atomic E-state index is -3.60. The maximum absolute atomic E-state index is 13.2. The van der Waals surface area contributed by atoms with Crippen LogP contribution in [0.5, 0.6) is 0 Å². The lowest BCUT2D eigenvalue weighted by Crippen LogP contribution is -2.28. The zero-order valence-electron chi connectivity index (χ0n) is 26.3. The largest absolute Gasteiger partial charge is 0.478 e. The van der Waals surface area contributed by atoms with Crippen LogP contribution in [0.25, 0.3) is 10.9 Å². The van der Waals surface area contributed by atoms with E-state index in [9.17, 15) is 18.3 Å². The van der Waals surface area contributed by atoms with Gasteiger partial charge in [0.1, 0.15) is 0 Å². The van der Waals surface area contributed by atoms with Crippen molar-refractivity contribution in [1.82, 2.24) is 14.3 Å². The van der Waals surface area contributed by atoms with Crippen LogP contribution in [-0.4, -0.2) is 35.6 Å². The predicted molar refractivity (Wildman–Crippen MR) is 191 cm³/mol. The van der Waals surface area contributed by atoms with E-state index in [2.05, 4.69) is 44.6 Å². The lowest BCUT2D eigenvalue weighted by molar-refractivity contribution is 0.0697. The van der Waals surface area contributed by atoms with Crippen molar-refractivity contribution in [1.29, 1.82) is 0 Å². The lowest BCUT2D eigenvalue weighted by Gasteiger charge is -2.25. The molecule has 0 aliphatic heterocycles. The molecule has 6 aromatic rings. The van der Waals surface area contributed by atoms with Crippen LogP contribution in [0, 0.1) is 0 Å². The second kappa shape index (κ2) is 15.0. The van der Waals surface area contributed by atoms with Crippen LogP contribution in [0.2, 0.25) is 5.02 Å². The second-order valence-electron chi connectivity index (χ2n) is 11.8. The molecule has 6 rings (SSSR count). The third-order valence-corrected chi connectivity index (χ3v) is 10.1. The van der Waals surface area contributed by atoms with Crippen molar-refractivity contribution < 1.29 is 18.3 Å². The van der Waals surface area contributed by atoms with Gasteiger partial charge in [-0.1, -0.05) is 84.4 Å². The number of hydrogen-bond donors (Lipinski definition) is 2. The summed E-state index contributed by atoms with van der Waals surface area (Å²) >= 11 is 6.62. The van der Waals surface area contributed by atoms with E-state index >= 15 is 0 Å². The summed E-state index contributed by atoms with van der Waals surface area (Å²) < 4.78 is 31.5. The number of nitrogens with zero attached hydrogens (tertiary/aromatic N) is 2. The molecule has 7 nitrogen and oxygen atoms in total. The molecule has 0 aliphatic rings.